The number of hydrogen-bond donors (Lipinski definition) is 2. The predicted molar refractivity (Wildman–Crippen MR) is 76.8 cm³/mol. The third-order valence-corrected chi connectivity index (χ3v) is 3.42. The van der Waals surface area contributed by atoms with Gasteiger partial charge in [-0.05, 0) is 11.1 Å². The average molecular weight is 254 g/mol. The average Bonchev–Trinajstić information content (AvgIpc) is 2.49. The first kappa shape index (κ1) is 13.5. The second-order valence-corrected chi connectivity index (χ2v) is 4.57. The molecule has 0 radical (unpaired) electrons. The Morgan fingerprint density at radius 2 is 1.53 bits per heavy atom. The first-order valence-electron chi connectivity index (χ1n) is 6.28. The summed E-state index contributed by atoms with van der Waals surface area (Å²) in [6.45, 7) is 3.45. The molecule has 0 fully saturated rings. The molecule has 2 aromatic carbocycles. The van der Waals surface area contributed by atoms with Gasteiger partial charge in [0, 0.05) is 5.92 Å². The standard InChI is InChI=1S/C17H18O2/c1-2-16(14-9-5-3-6-10-14)17(19,13-18)15-11-7-4-8-12-15/h2-12,16,18-19H,1,13H2/t16-,17+/m0/s1. The van der Waals surface area contributed by atoms with E-state index in [1.165, 1.54) is 0 Å². The molecule has 19 heavy (non-hydrogen) atoms. The molecule has 2 N–H and O–H groups in total. The molecule has 0 bridgehead atoms. The zero-order chi connectivity index (χ0) is 13.7. The van der Waals surface area contributed by atoms with Crippen LogP contribution in [0.15, 0.2) is 73.3 Å². The lowest BCUT2D eigenvalue weighted by atomic mass is 9.78. The smallest absolute Gasteiger partial charge is 0.123 e. The van der Waals surface area contributed by atoms with Gasteiger partial charge in [-0.25, -0.2) is 0 Å². The quantitative estimate of drug-likeness (QED) is 0.805. The molecular formula is C17H18O2. The summed E-state index contributed by atoms with van der Waals surface area (Å²) in [5.41, 5.74) is 0.258. The van der Waals surface area contributed by atoms with Gasteiger partial charge in [-0.1, -0.05) is 66.7 Å². The van der Waals surface area contributed by atoms with Crippen LogP contribution < -0.4 is 0 Å². The summed E-state index contributed by atoms with van der Waals surface area (Å²) in [5.74, 6) is -0.360. The topological polar surface area (TPSA) is 40.5 Å². The highest BCUT2D eigenvalue weighted by atomic mass is 16.3. The molecule has 2 nitrogen and oxygen atoms in total. The van der Waals surface area contributed by atoms with Gasteiger partial charge in [0.2, 0.25) is 0 Å². The lowest BCUT2D eigenvalue weighted by Gasteiger charge is -2.33. The lowest BCUT2D eigenvalue weighted by Crippen LogP contribution is -2.36. The van der Waals surface area contributed by atoms with Crippen LogP contribution in [0.3, 0.4) is 0 Å². The summed E-state index contributed by atoms with van der Waals surface area (Å²) in [7, 11) is 0. The normalized spacial score (nSPS) is 15.5. The van der Waals surface area contributed by atoms with Gasteiger partial charge in [0.25, 0.3) is 0 Å². The van der Waals surface area contributed by atoms with Crippen LogP contribution >= 0.6 is 0 Å². The van der Waals surface area contributed by atoms with Crippen molar-refractivity contribution in [3.63, 3.8) is 0 Å². The van der Waals surface area contributed by atoms with Crippen molar-refractivity contribution in [2.24, 2.45) is 0 Å². The van der Waals surface area contributed by atoms with Gasteiger partial charge in [-0.2, -0.15) is 0 Å². The first-order valence-corrected chi connectivity index (χ1v) is 6.28. The van der Waals surface area contributed by atoms with Crippen LogP contribution in [0.25, 0.3) is 0 Å². The molecule has 0 amide bonds. The van der Waals surface area contributed by atoms with Gasteiger partial charge < -0.3 is 10.2 Å². The molecule has 0 saturated carbocycles. The van der Waals surface area contributed by atoms with Gasteiger partial charge in [-0.15, -0.1) is 6.58 Å². The van der Waals surface area contributed by atoms with Gasteiger partial charge in [0.05, 0.1) is 6.61 Å². The number of aliphatic hydroxyl groups is 2. The second kappa shape index (κ2) is 5.83. The Bertz CT molecular complexity index is 521. The maximum absolute atomic E-state index is 10.9. The van der Waals surface area contributed by atoms with Crippen molar-refractivity contribution < 1.29 is 10.2 Å². The van der Waals surface area contributed by atoms with Crippen LogP contribution in [0.4, 0.5) is 0 Å². The van der Waals surface area contributed by atoms with E-state index in [2.05, 4.69) is 6.58 Å². The third kappa shape index (κ3) is 2.60. The fourth-order valence-electron chi connectivity index (χ4n) is 2.36. The molecule has 0 spiro atoms. The summed E-state index contributed by atoms with van der Waals surface area (Å²) in [6, 6.07) is 18.8. The summed E-state index contributed by atoms with van der Waals surface area (Å²) < 4.78 is 0. The van der Waals surface area contributed by atoms with Crippen molar-refractivity contribution in [1.29, 1.82) is 0 Å². The van der Waals surface area contributed by atoms with E-state index < -0.39 is 5.60 Å². The highest BCUT2D eigenvalue weighted by Gasteiger charge is 2.37. The van der Waals surface area contributed by atoms with Crippen molar-refractivity contribution in [2.45, 2.75) is 11.5 Å². The van der Waals surface area contributed by atoms with Crippen molar-refractivity contribution in [1.82, 2.24) is 0 Å². The molecule has 98 valence electrons. The van der Waals surface area contributed by atoms with Gasteiger partial charge in [-0.3, -0.25) is 0 Å². The Labute approximate surface area is 113 Å². The molecule has 2 atom stereocenters. The van der Waals surface area contributed by atoms with Crippen LogP contribution in [-0.2, 0) is 5.60 Å². The van der Waals surface area contributed by atoms with E-state index in [0.29, 0.717) is 5.56 Å². The molecule has 2 heteroatoms. The Balaban J connectivity index is 2.47. The van der Waals surface area contributed by atoms with E-state index in [4.69, 9.17) is 0 Å². The highest BCUT2D eigenvalue weighted by Crippen LogP contribution is 2.37. The molecule has 2 rings (SSSR count). The molecule has 0 aromatic heterocycles. The molecule has 2 aromatic rings. The van der Waals surface area contributed by atoms with Crippen molar-refractivity contribution >= 4 is 0 Å². The molecule has 0 saturated heterocycles. The zero-order valence-corrected chi connectivity index (χ0v) is 10.7. The minimum atomic E-state index is -1.36. The summed E-state index contributed by atoms with van der Waals surface area (Å²) in [5, 5.41) is 20.6. The molecule has 0 heterocycles. The van der Waals surface area contributed by atoms with Crippen LogP contribution in [0, 0.1) is 0 Å². The molecule has 0 aliphatic rings. The van der Waals surface area contributed by atoms with Gasteiger partial charge >= 0.3 is 0 Å². The highest BCUT2D eigenvalue weighted by molar-refractivity contribution is 5.34. The molecular weight excluding hydrogens is 236 g/mol. The van der Waals surface area contributed by atoms with Gasteiger partial charge in [0.1, 0.15) is 5.60 Å². The van der Waals surface area contributed by atoms with E-state index in [9.17, 15) is 10.2 Å². The maximum Gasteiger partial charge on any atom is 0.123 e. The predicted octanol–water partition coefficient (Wildman–Crippen LogP) is 2.84. The summed E-state index contributed by atoms with van der Waals surface area (Å²) in [4.78, 5) is 0. The number of hydrogen-bond acceptors (Lipinski definition) is 2. The van der Waals surface area contributed by atoms with Gasteiger partial charge in [0.15, 0.2) is 0 Å². The second-order valence-electron chi connectivity index (χ2n) is 4.57. The number of rotatable bonds is 5. The summed E-state index contributed by atoms with van der Waals surface area (Å²) in [6.07, 6.45) is 1.68. The SMILES string of the molecule is C=C[C@@H](c1ccccc1)[C@@](O)(CO)c1ccccc1. The fourth-order valence-corrected chi connectivity index (χ4v) is 2.36. The molecule has 0 aliphatic heterocycles. The zero-order valence-electron chi connectivity index (χ0n) is 10.7. The van der Waals surface area contributed by atoms with E-state index in [-0.39, 0.29) is 12.5 Å². The lowest BCUT2D eigenvalue weighted by molar-refractivity contribution is -0.0311. The Morgan fingerprint density at radius 3 is 2.00 bits per heavy atom. The third-order valence-electron chi connectivity index (χ3n) is 3.42. The van der Waals surface area contributed by atoms with Crippen LogP contribution in [0.1, 0.15) is 17.0 Å². The summed E-state index contributed by atoms with van der Waals surface area (Å²) >= 11 is 0. The van der Waals surface area contributed by atoms with E-state index in [1.54, 1.807) is 6.08 Å². The number of benzene rings is 2. The van der Waals surface area contributed by atoms with E-state index in [1.807, 2.05) is 60.7 Å². The largest absolute Gasteiger partial charge is 0.393 e. The molecule has 0 unspecified atom stereocenters. The monoisotopic (exact) mass is 254 g/mol. The fraction of sp³-hybridized carbons (Fsp3) is 0.176. The Morgan fingerprint density at radius 1 is 1.00 bits per heavy atom. The van der Waals surface area contributed by atoms with Crippen LogP contribution in [0.5, 0.6) is 0 Å². The van der Waals surface area contributed by atoms with Crippen molar-refractivity contribution in [3.8, 4) is 0 Å². The maximum atomic E-state index is 10.9. The van der Waals surface area contributed by atoms with Crippen LogP contribution in [0.2, 0.25) is 0 Å². The van der Waals surface area contributed by atoms with Crippen molar-refractivity contribution in [2.75, 3.05) is 6.61 Å². The molecule has 0 aliphatic carbocycles. The first-order chi connectivity index (χ1) is 9.22. The Kier molecular flexibility index (Phi) is 4.15. The minimum Gasteiger partial charge on any atom is -0.393 e. The minimum absolute atomic E-state index is 0.359. The van der Waals surface area contributed by atoms with E-state index >= 15 is 0 Å². The Hall–Kier alpha value is -1.90. The number of aliphatic hydroxyl groups excluding tert-OH is 1. The van der Waals surface area contributed by atoms with Crippen molar-refractivity contribution in [3.05, 3.63) is 84.4 Å². The van der Waals surface area contributed by atoms with Crippen LogP contribution in [-0.4, -0.2) is 16.8 Å². The van der Waals surface area contributed by atoms with E-state index in [0.717, 1.165) is 5.56 Å².